The zero-order valence-corrected chi connectivity index (χ0v) is 10.2. The van der Waals surface area contributed by atoms with Gasteiger partial charge in [-0.15, -0.1) is 0 Å². The van der Waals surface area contributed by atoms with Crippen LogP contribution in [0, 0.1) is 0 Å². The van der Waals surface area contributed by atoms with Crippen LogP contribution < -0.4 is 5.32 Å². The van der Waals surface area contributed by atoms with Crippen molar-refractivity contribution in [1.82, 2.24) is 0 Å². The molecule has 1 saturated heterocycles. The Balaban J connectivity index is 1.97. The van der Waals surface area contributed by atoms with Crippen molar-refractivity contribution in [3.05, 3.63) is 23.2 Å². The molecule has 0 radical (unpaired) electrons. The molecule has 1 heterocycles. The summed E-state index contributed by atoms with van der Waals surface area (Å²) in [5.74, 6) is -0.239. The van der Waals surface area contributed by atoms with Gasteiger partial charge >= 0.3 is 0 Å². The Bertz CT molecular complexity index is 436. The van der Waals surface area contributed by atoms with Crippen molar-refractivity contribution in [3.8, 4) is 5.75 Å². The molecule has 1 aromatic carbocycles. The first-order valence-corrected chi connectivity index (χ1v) is 5.94. The van der Waals surface area contributed by atoms with Crippen molar-refractivity contribution in [3.63, 3.8) is 0 Å². The second-order valence-electron chi connectivity index (χ2n) is 4.03. The predicted octanol–water partition coefficient (Wildman–Crippen LogP) is 2.55. The lowest BCUT2D eigenvalue weighted by Crippen LogP contribution is -2.19. The smallest absolute Gasteiger partial charge is 0.256 e. The molecule has 17 heavy (non-hydrogen) atoms. The van der Waals surface area contributed by atoms with E-state index in [9.17, 15) is 9.90 Å². The molecule has 1 aromatic rings. The summed E-state index contributed by atoms with van der Waals surface area (Å²) in [4.78, 5) is 11.7. The molecule has 1 aliphatic rings. The van der Waals surface area contributed by atoms with Gasteiger partial charge in [0.2, 0.25) is 0 Å². The van der Waals surface area contributed by atoms with E-state index >= 15 is 0 Å². The van der Waals surface area contributed by atoms with Crippen molar-refractivity contribution in [2.24, 2.45) is 0 Å². The number of nitrogens with one attached hydrogen (secondary N) is 1. The number of amides is 1. The summed E-state index contributed by atoms with van der Waals surface area (Å²) in [6.45, 7) is 2.04. The van der Waals surface area contributed by atoms with Crippen LogP contribution in [0.4, 0.5) is 5.69 Å². The highest BCUT2D eigenvalue weighted by Crippen LogP contribution is 2.31. The molecule has 0 aromatic heterocycles. The minimum Gasteiger partial charge on any atom is -0.506 e. The molecular formula is C12H14ClNO3. The van der Waals surface area contributed by atoms with Crippen LogP contribution in [0.1, 0.15) is 19.8 Å². The van der Waals surface area contributed by atoms with Gasteiger partial charge in [-0.05, 0) is 24.6 Å². The van der Waals surface area contributed by atoms with Gasteiger partial charge in [-0.3, -0.25) is 4.79 Å². The number of halogens is 1. The fraction of sp³-hybridized carbons (Fsp3) is 0.417. The molecule has 5 heteroatoms. The highest BCUT2D eigenvalue weighted by molar-refractivity contribution is 6.31. The van der Waals surface area contributed by atoms with E-state index in [2.05, 4.69) is 5.32 Å². The van der Waals surface area contributed by atoms with Crippen LogP contribution in [0.25, 0.3) is 0 Å². The number of carbonyl (C=O) groups is 1. The van der Waals surface area contributed by atoms with Gasteiger partial charge in [-0.2, -0.15) is 0 Å². The van der Waals surface area contributed by atoms with Crippen LogP contribution in [-0.2, 0) is 9.53 Å². The van der Waals surface area contributed by atoms with Crippen molar-refractivity contribution >= 4 is 23.2 Å². The van der Waals surface area contributed by atoms with Gasteiger partial charge in [0, 0.05) is 5.02 Å². The molecule has 92 valence electrons. The van der Waals surface area contributed by atoms with E-state index in [0.717, 1.165) is 12.8 Å². The summed E-state index contributed by atoms with van der Waals surface area (Å²) in [6.07, 6.45) is 1.48. The Hall–Kier alpha value is -1.26. The van der Waals surface area contributed by atoms with Gasteiger partial charge in [-0.1, -0.05) is 24.9 Å². The summed E-state index contributed by atoms with van der Waals surface area (Å²) in [7, 11) is 0. The SMILES string of the molecule is CCC[C@@H]1O[C@H]1C(=O)Nc1cc(Cl)ccc1O. The number of phenolic OH excluding ortho intramolecular Hbond substituents is 1. The monoisotopic (exact) mass is 255 g/mol. The van der Waals surface area contributed by atoms with Crippen LogP contribution in [-0.4, -0.2) is 23.2 Å². The van der Waals surface area contributed by atoms with Crippen molar-refractivity contribution in [1.29, 1.82) is 0 Å². The molecule has 2 rings (SSSR count). The molecule has 2 N–H and O–H groups in total. The van der Waals surface area contributed by atoms with Gasteiger partial charge < -0.3 is 15.2 Å². The van der Waals surface area contributed by atoms with Gasteiger partial charge in [-0.25, -0.2) is 0 Å². The summed E-state index contributed by atoms with van der Waals surface area (Å²) in [5.41, 5.74) is 0.313. The number of hydrogen-bond donors (Lipinski definition) is 2. The van der Waals surface area contributed by atoms with Crippen molar-refractivity contribution in [2.45, 2.75) is 32.0 Å². The zero-order chi connectivity index (χ0) is 12.4. The third-order valence-corrected chi connectivity index (χ3v) is 2.87. The van der Waals surface area contributed by atoms with E-state index in [4.69, 9.17) is 16.3 Å². The fourth-order valence-corrected chi connectivity index (χ4v) is 1.86. The van der Waals surface area contributed by atoms with Crippen molar-refractivity contribution in [2.75, 3.05) is 5.32 Å². The second kappa shape index (κ2) is 4.94. The Kier molecular flexibility index (Phi) is 3.54. The normalized spacial score (nSPS) is 22.2. The van der Waals surface area contributed by atoms with Crippen LogP contribution in [0.15, 0.2) is 18.2 Å². The van der Waals surface area contributed by atoms with Crippen LogP contribution >= 0.6 is 11.6 Å². The number of epoxide rings is 1. The summed E-state index contributed by atoms with van der Waals surface area (Å²) >= 11 is 5.78. The first-order valence-electron chi connectivity index (χ1n) is 5.56. The number of carbonyl (C=O) groups excluding carboxylic acids is 1. The van der Waals surface area contributed by atoms with E-state index in [-0.39, 0.29) is 17.8 Å². The summed E-state index contributed by atoms with van der Waals surface area (Å²) < 4.78 is 5.23. The number of anilines is 1. The molecule has 1 amide bonds. The molecular weight excluding hydrogens is 242 g/mol. The van der Waals surface area contributed by atoms with Gasteiger partial charge in [0.05, 0.1) is 11.8 Å². The highest BCUT2D eigenvalue weighted by Gasteiger charge is 2.44. The van der Waals surface area contributed by atoms with E-state index in [1.807, 2.05) is 6.92 Å². The van der Waals surface area contributed by atoms with Gasteiger partial charge in [0.1, 0.15) is 5.75 Å². The largest absolute Gasteiger partial charge is 0.506 e. The molecule has 0 saturated carbocycles. The fourth-order valence-electron chi connectivity index (χ4n) is 1.69. The number of rotatable bonds is 4. The third kappa shape index (κ3) is 2.90. The summed E-state index contributed by atoms with van der Waals surface area (Å²) in [5, 5.41) is 12.6. The Morgan fingerprint density at radius 1 is 1.59 bits per heavy atom. The minimum absolute atomic E-state index is 0.00422. The van der Waals surface area contributed by atoms with Gasteiger partial charge in [0.15, 0.2) is 6.10 Å². The first-order chi connectivity index (χ1) is 8.11. The lowest BCUT2D eigenvalue weighted by Gasteiger charge is -2.06. The van der Waals surface area contributed by atoms with E-state index < -0.39 is 6.10 Å². The third-order valence-electron chi connectivity index (χ3n) is 2.63. The Labute approximate surface area is 105 Å². The number of phenols is 1. The average molecular weight is 256 g/mol. The number of benzene rings is 1. The van der Waals surface area contributed by atoms with E-state index in [1.165, 1.54) is 12.1 Å². The van der Waals surface area contributed by atoms with Gasteiger partial charge in [0.25, 0.3) is 5.91 Å². The lowest BCUT2D eigenvalue weighted by molar-refractivity contribution is -0.117. The topological polar surface area (TPSA) is 61.9 Å². The molecule has 1 aliphatic heterocycles. The number of ether oxygens (including phenoxy) is 1. The maximum Gasteiger partial charge on any atom is 0.256 e. The minimum atomic E-state index is -0.395. The van der Waals surface area contributed by atoms with E-state index in [1.54, 1.807) is 6.07 Å². The van der Waals surface area contributed by atoms with Crippen LogP contribution in [0.3, 0.4) is 0 Å². The van der Waals surface area contributed by atoms with Crippen LogP contribution in [0.2, 0.25) is 5.02 Å². The molecule has 0 aliphatic carbocycles. The first kappa shape index (κ1) is 12.2. The predicted molar refractivity (Wildman–Crippen MR) is 65.3 cm³/mol. The maximum atomic E-state index is 11.7. The number of aromatic hydroxyl groups is 1. The Morgan fingerprint density at radius 3 is 3.06 bits per heavy atom. The average Bonchev–Trinajstić information content (AvgIpc) is 3.03. The quantitative estimate of drug-likeness (QED) is 0.642. The molecule has 1 fully saturated rings. The van der Waals surface area contributed by atoms with Crippen LogP contribution in [0.5, 0.6) is 5.75 Å². The number of hydrogen-bond acceptors (Lipinski definition) is 3. The summed E-state index contributed by atoms with van der Waals surface area (Å²) in [6, 6.07) is 4.50. The Morgan fingerprint density at radius 2 is 2.35 bits per heavy atom. The standard InChI is InChI=1S/C12H14ClNO3/c1-2-3-10-11(17-10)12(16)14-8-6-7(13)4-5-9(8)15/h4-6,10-11,15H,2-3H2,1H3,(H,14,16)/t10-,11+/m0/s1. The van der Waals surface area contributed by atoms with Crippen molar-refractivity contribution < 1.29 is 14.6 Å². The lowest BCUT2D eigenvalue weighted by atomic mass is 10.2. The zero-order valence-electron chi connectivity index (χ0n) is 9.44. The molecule has 0 bridgehead atoms. The molecule has 0 unspecified atom stereocenters. The molecule has 0 spiro atoms. The molecule has 2 atom stereocenters. The second-order valence-corrected chi connectivity index (χ2v) is 4.47. The highest BCUT2D eigenvalue weighted by atomic mass is 35.5. The maximum absolute atomic E-state index is 11.7. The van der Waals surface area contributed by atoms with E-state index in [0.29, 0.717) is 10.7 Å². The molecule has 4 nitrogen and oxygen atoms in total.